The second-order valence-electron chi connectivity index (χ2n) is 8.92. The number of hydrogen-bond acceptors (Lipinski definition) is 1. The zero-order valence-corrected chi connectivity index (χ0v) is 19.9. The maximum Gasteiger partial charge on any atom is 0.131 e. The number of hydrogen-bond donors (Lipinski definition) is 0. The lowest BCUT2D eigenvalue weighted by molar-refractivity contribution is 0.618. The highest BCUT2D eigenvalue weighted by Crippen LogP contribution is 2.27. The van der Waals surface area contributed by atoms with E-state index in [0.717, 1.165) is 41.6 Å². The Labute approximate surface area is 194 Å². The molecule has 0 radical (unpaired) electrons. The van der Waals surface area contributed by atoms with Crippen LogP contribution in [0, 0.1) is 5.82 Å². The molecule has 3 aromatic rings. The predicted octanol–water partition coefficient (Wildman–Crippen LogP) is 9.19. The Morgan fingerprint density at radius 1 is 0.625 bits per heavy atom. The molecule has 170 valence electrons. The van der Waals surface area contributed by atoms with Crippen molar-refractivity contribution >= 4 is 0 Å². The second kappa shape index (κ2) is 13.2. The molecule has 1 aromatic heterocycles. The van der Waals surface area contributed by atoms with Crippen LogP contribution in [-0.2, 0) is 12.8 Å². The Balaban J connectivity index is 1.59. The molecule has 2 aromatic carbocycles. The summed E-state index contributed by atoms with van der Waals surface area (Å²) in [4.78, 5) is 4.65. The van der Waals surface area contributed by atoms with Crippen LogP contribution in [-0.4, -0.2) is 4.98 Å². The second-order valence-corrected chi connectivity index (χ2v) is 8.92. The minimum atomic E-state index is -0.130. The molecule has 3 rings (SSSR count). The van der Waals surface area contributed by atoms with Crippen molar-refractivity contribution in [1.29, 1.82) is 0 Å². The van der Waals surface area contributed by atoms with Crippen LogP contribution in [0.15, 0.2) is 60.8 Å². The fourth-order valence-electron chi connectivity index (χ4n) is 4.20. The molecule has 0 saturated heterocycles. The Kier molecular flexibility index (Phi) is 9.94. The van der Waals surface area contributed by atoms with Crippen LogP contribution in [0.5, 0.6) is 0 Å². The van der Waals surface area contributed by atoms with Gasteiger partial charge in [0.2, 0.25) is 0 Å². The van der Waals surface area contributed by atoms with Crippen LogP contribution in [0.2, 0.25) is 0 Å². The third-order valence-corrected chi connectivity index (χ3v) is 6.24. The van der Waals surface area contributed by atoms with Gasteiger partial charge in [0, 0.05) is 17.3 Å². The van der Waals surface area contributed by atoms with E-state index >= 15 is 0 Å². The molecule has 0 N–H and O–H groups in total. The lowest BCUT2D eigenvalue weighted by Crippen LogP contribution is -1.92. The first kappa shape index (κ1) is 24.2. The van der Waals surface area contributed by atoms with Gasteiger partial charge >= 0.3 is 0 Å². The summed E-state index contributed by atoms with van der Waals surface area (Å²) in [6, 6.07) is 18.1. The molecule has 1 nitrogen and oxygen atoms in total. The molecule has 32 heavy (non-hydrogen) atoms. The van der Waals surface area contributed by atoms with E-state index in [1.807, 2.05) is 36.5 Å². The largest absolute Gasteiger partial charge is 0.256 e. The Hall–Kier alpha value is -2.48. The number of rotatable bonds is 13. The molecular formula is C30H38FN. The predicted molar refractivity (Wildman–Crippen MR) is 135 cm³/mol. The number of pyridine rings is 1. The quantitative estimate of drug-likeness (QED) is 0.246. The minimum absolute atomic E-state index is 0.130. The molecule has 0 atom stereocenters. The zero-order valence-electron chi connectivity index (χ0n) is 19.9. The van der Waals surface area contributed by atoms with E-state index in [2.05, 4.69) is 37.0 Å². The molecule has 0 unspecified atom stereocenters. The third-order valence-electron chi connectivity index (χ3n) is 6.24. The number of benzene rings is 2. The lowest BCUT2D eigenvalue weighted by atomic mass is 9.98. The van der Waals surface area contributed by atoms with Gasteiger partial charge in [-0.3, -0.25) is 4.98 Å². The van der Waals surface area contributed by atoms with Crippen LogP contribution >= 0.6 is 0 Å². The molecule has 0 bridgehead atoms. The van der Waals surface area contributed by atoms with Gasteiger partial charge in [0.15, 0.2) is 0 Å². The first-order valence-electron chi connectivity index (χ1n) is 12.6. The maximum absolute atomic E-state index is 14.8. The number of nitrogens with zero attached hydrogens (tertiary/aromatic N) is 1. The minimum Gasteiger partial charge on any atom is -0.256 e. The topological polar surface area (TPSA) is 12.9 Å². The smallest absolute Gasteiger partial charge is 0.131 e. The standard InChI is InChI=1S/C30H38FN/c1-3-5-7-9-11-12-24-14-20-28(29(31)22-24)26-16-18-27(19-17-26)30-21-15-25(23-32-30)13-10-8-6-4-2/h14-23H,3-13H2,1-2H3. The lowest BCUT2D eigenvalue weighted by Gasteiger charge is -2.08. The summed E-state index contributed by atoms with van der Waals surface area (Å²) in [5, 5.41) is 0. The SMILES string of the molecule is CCCCCCCc1ccc(-c2ccc(-c3ccc(CCCCCC)cn3)cc2)c(F)c1. The van der Waals surface area contributed by atoms with Crippen molar-refractivity contribution in [2.45, 2.75) is 84.5 Å². The summed E-state index contributed by atoms with van der Waals surface area (Å²) in [7, 11) is 0. The van der Waals surface area contributed by atoms with Gasteiger partial charge in [-0.05, 0) is 54.5 Å². The number of aromatic nitrogens is 1. The van der Waals surface area contributed by atoms with Gasteiger partial charge in [-0.25, -0.2) is 4.39 Å². The van der Waals surface area contributed by atoms with E-state index in [1.54, 1.807) is 6.07 Å². The Morgan fingerprint density at radius 3 is 1.84 bits per heavy atom. The molecule has 0 aliphatic rings. The summed E-state index contributed by atoms with van der Waals surface area (Å²) in [6.45, 7) is 4.46. The molecule has 2 heteroatoms. The van der Waals surface area contributed by atoms with Crippen molar-refractivity contribution in [3.63, 3.8) is 0 Å². The van der Waals surface area contributed by atoms with Gasteiger partial charge in [0.05, 0.1) is 5.69 Å². The number of aryl methyl sites for hydroxylation is 2. The van der Waals surface area contributed by atoms with Gasteiger partial charge in [-0.2, -0.15) is 0 Å². The van der Waals surface area contributed by atoms with Gasteiger partial charge < -0.3 is 0 Å². The highest BCUT2D eigenvalue weighted by molar-refractivity contribution is 5.69. The first-order chi connectivity index (χ1) is 15.7. The van der Waals surface area contributed by atoms with Crippen molar-refractivity contribution in [2.75, 3.05) is 0 Å². The summed E-state index contributed by atoms with van der Waals surface area (Å²) in [6.07, 6.45) is 15.3. The number of unbranched alkanes of at least 4 members (excludes halogenated alkanes) is 7. The van der Waals surface area contributed by atoms with E-state index in [9.17, 15) is 4.39 Å². The molecule has 1 heterocycles. The van der Waals surface area contributed by atoms with E-state index in [1.165, 1.54) is 56.9 Å². The molecular weight excluding hydrogens is 393 g/mol. The molecule has 0 amide bonds. The molecule has 0 spiro atoms. The maximum atomic E-state index is 14.8. The van der Waals surface area contributed by atoms with Gasteiger partial charge in [-0.1, -0.05) is 101 Å². The van der Waals surface area contributed by atoms with Gasteiger partial charge in [0.25, 0.3) is 0 Å². The Bertz CT molecular complexity index is 928. The van der Waals surface area contributed by atoms with Crippen molar-refractivity contribution < 1.29 is 4.39 Å². The highest BCUT2D eigenvalue weighted by Gasteiger charge is 2.08. The van der Waals surface area contributed by atoms with Crippen molar-refractivity contribution in [2.24, 2.45) is 0 Å². The van der Waals surface area contributed by atoms with Crippen LogP contribution in [0.3, 0.4) is 0 Å². The Morgan fingerprint density at radius 2 is 1.22 bits per heavy atom. The van der Waals surface area contributed by atoms with Crippen molar-refractivity contribution in [3.05, 3.63) is 77.7 Å². The van der Waals surface area contributed by atoms with Crippen LogP contribution < -0.4 is 0 Å². The van der Waals surface area contributed by atoms with Crippen LogP contribution in [0.25, 0.3) is 22.4 Å². The average molecular weight is 432 g/mol. The van der Waals surface area contributed by atoms with E-state index < -0.39 is 0 Å². The van der Waals surface area contributed by atoms with E-state index in [4.69, 9.17) is 0 Å². The fourth-order valence-corrected chi connectivity index (χ4v) is 4.20. The molecule has 0 fully saturated rings. The van der Waals surface area contributed by atoms with Crippen molar-refractivity contribution in [3.8, 4) is 22.4 Å². The average Bonchev–Trinajstić information content (AvgIpc) is 2.82. The summed E-state index contributed by atoms with van der Waals surface area (Å²) >= 11 is 0. The van der Waals surface area contributed by atoms with Crippen LogP contribution in [0.4, 0.5) is 4.39 Å². The van der Waals surface area contributed by atoms with E-state index in [0.29, 0.717) is 5.56 Å². The molecule has 0 aliphatic carbocycles. The van der Waals surface area contributed by atoms with Crippen LogP contribution in [0.1, 0.15) is 82.8 Å². The van der Waals surface area contributed by atoms with E-state index in [-0.39, 0.29) is 5.82 Å². The highest BCUT2D eigenvalue weighted by atomic mass is 19.1. The molecule has 0 saturated carbocycles. The summed E-state index contributed by atoms with van der Waals surface area (Å²) in [5.74, 6) is -0.130. The summed E-state index contributed by atoms with van der Waals surface area (Å²) in [5.41, 5.74) is 6.01. The summed E-state index contributed by atoms with van der Waals surface area (Å²) < 4.78 is 14.8. The normalized spacial score (nSPS) is 11.1. The third kappa shape index (κ3) is 7.29. The zero-order chi connectivity index (χ0) is 22.6. The van der Waals surface area contributed by atoms with Gasteiger partial charge in [-0.15, -0.1) is 0 Å². The van der Waals surface area contributed by atoms with Crippen molar-refractivity contribution in [1.82, 2.24) is 4.98 Å². The number of halogens is 1. The fraction of sp³-hybridized carbons (Fsp3) is 0.433. The first-order valence-corrected chi connectivity index (χ1v) is 12.6. The molecule has 0 aliphatic heterocycles. The monoisotopic (exact) mass is 431 g/mol. The van der Waals surface area contributed by atoms with Gasteiger partial charge in [0.1, 0.15) is 5.82 Å².